The van der Waals surface area contributed by atoms with Crippen LogP contribution in [0.15, 0.2) is 18.2 Å². The van der Waals surface area contributed by atoms with Gasteiger partial charge >= 0.3 is 333 Å². The van der Waals surface area contributed by atoms with Crippen molar-refractivity contribution >= 4 is 34.1 Å². The van der Waals surface area contributed by atoms with Gasteiger partial charge in [0.2, 0.25) is 0 Å². The first-order valence-corrected chi connectivity index (χ1v) is 16.8. The van der Waals surface area contributed by atoms with E-state index >= 15 is 0 Å². The van der Waals surface area contributed by atoms with Gasteiger partial charge in [-0.05, 0) is 0 Å². The van der Waals surface area contributed by atoms with Gasteiger partial charge in [0, 0.05) is 0 Å². The van der Waals surface area contributed by atoms with Crippen LogP contribution < -0.4 is 0 Å². The second-order valence-corrected chi connectivity index (χ2v) is 12.8. The summed E-state index contributed by atoms with van der Waals surface area (Å²) in [5.41, 5.74) is -17.8. The Morgan fingerprint density at radius 3 is 0.836 bits per heavy atom. The summed E-state index contributed by atoms with van der Waals surface area (Å²) < 4.78 is 265. The second-order valence-electron chi connectivity index (χ2n) is 11.3. The first-order valence-electron chi connectivity index (χ1n) is 15.5. The fourth-order valence-corrected chi connectivity index (χ4v) is 5.66. The van der Waals surface area contributed by atoms with Crippen molar-refractivity contribution in [3.63, 3.8) is 0 Å². The number of alkyl halides is 9. The summed E-state index contributed by atoms with van der Waals surface area (Å²) in [6.07, 6.45) is -16.5. The van der Waals surface area contributed by atoms with E-state index in [1.165, 1.54) is 0 Å². The SMILES string of the molecule is CC(=O)/C(=C\C[O][Fe]([O]C/C=C(\C(C)=O)c1c(F)c(F)nc(C(F)(F)F)c1F)[O]C/C=C(\C(C)=O)c1c(F)c(F)nc(C(F)(F)F)c1F)c1c(F)c(F)nc(C(F)(F)F)c1F. The number of ketones is 3. The Kier molecular flexibility index (Phi) is 15.8. The molecule has 0 bridgehead atoms. The number of carbonyl (C=O) groups excluding carboxylic acids is 3. The zero-order valence-electron chi connectivity index (χ0n) is 29.8. The number of hydrogen-bond acceptors (Lipinski definition) is 9. The van der Waals surface area contributed by atoms with Gasteiger partial charge < -0.3 is 0 Å². The van der Waals surface area contributed by atoms with Crippen molar-refractivity contribution < 1.29 is 120 Å². The molecule has 28 heteroatoms. The fraction of sp³-hybridized carbons (Fsp3) is 0.273. The van der Waals surface area contributed by atoms with Gasteiger partial charge in [0.15, 0.2) is 0 Å². The Morgan fingerprint density at radius 2 is 0.656 bits per heavy atom. The van der Waals surface area contributed by atoms with E-state index in [-0.39, 0.29) is 18.2 Å². The predicted molar refractivity (Wildman–Crippen MR) is 161 cm³/mol. The third-order valence-electron chi connectivity index (χ3n) is 7.15. The molecule has 3 heterocycles. The molecule has 0 aliphatic heterocycles. The Hall–Kier alpha value is -5.18. The molecular weight excluding hydrogens is 932 g/mol. The predicted octanol–water partition coefficient (Wildman–Crippen LogP) is 8.91. The third-order valence-corrected chi connectivity index (χ3v) is 8.49. The van der Waals surface area contributed by atoms with Crippen molar-refractivity contribution in [1.29, 1.82) is 0 Å². The number of nitrogens with zero attached hydrogens (tertiary/aromatic N) is 3. The molecule has 0 aliphatic carbocycles. The molecule has 0 fully saturated rings. The van der Waals surface area contributed by atoms with Gasteiger partial charge in [-0.2, -0.15) is 0 Å². The fourth-order valence-electron chi connectivity index (χ4n) is 4.65. The molecule has 3 aromatic rings. The Bertz CT molecular complexity index is 2090. The number of Topliss-reactive ketones (excluding diaryl/α,β-unsaturated/α-hetero) is 3. The van der Waals surface area contributed by atoms with E-state index in [9.17, 15) is 93.4 Å². The quantitative estimate of drug-likeness (QED) is 0.0638. The summed E-state index contributed by atoms with van der Waals surface area (Å²) in [7, 11) is 0. The zero-order chi connectivity index (χ0) is 46.7. The number of rotatable bonds is 15. The number of carbonyl (C=O) groups is 3. The second kappa shape index (κ2) is 19.3. The van der Waals surface area contributed by atoms with Crippen LogP contribution in [0.3, 0.4) is 0 Å². The number of halogens is 18. The van der Waals surface area contributed by atoms with E-state index in [2.05, 4.69) is 15.0 Å². The van der Waals surface area contributed by atoms with Crippen LogP contribution in [-0.2, 0) is 59.3 Å². The summed E-state index contributed by atoms with van der Waals surface area (Å²) in [5, 5.41) is 0. The molecule has 0 spiro atoms. The number of hydrogen-bond donors (Lipinski definition) is 0. The maximum atomic E-state index is 14.8. The number of pyridine rings is 3. The van der Waals surface area contributed by atoms with Crippen LogP contribution in [0.25, 0.3) is 16.7 Å². The molecular formula is C33H18F18FeN3O6. The standard InChI is InChI=1S/3C11H6F6NO2.Fe/c3*1-4(20)5(2-3-19)6-7(12)9(11(15,16)17)18-10(14)8(6)13;/h3*2H,3H2,1H3;/q3*-1;+3/b3*5-2+;. The van der Waals surface area contributed by atoms with Crippen molar-refractivity contribution in [3.05, 3.63) is 105 Å². The minimum atomic E-state index is -5.76. The van der Waals surface area contributed by atoms with E-state index in [0.717, 1.165) is 0 Å². The summed E-state index contributed by atoms with van der Waals surface area (Å²) in [5.74, 6) is -27.1. The Labute approximate surface area is 332 Å². The number of aromatic nitrogens is 3. The van der Waals surface area contributed by atoms with Crippen LogP contribution in [0.4, 0.5) is 79.0 Å². The molecule has 0 aromatic carbocycles. The molecule has 0 N–H and O–H groups in total. The van der Waals surface area contributed by atoms with E-state index in [4.69, 9.17) is 11.5 Å². The molecule has 0 unspecified atom stereocenters. The average Bonchev–Trinajstić information content (AvgIpc) is 3.11. The van der Waals surface area contributed by atoms with Crippen LogP contribution in [0.5, 0.6) is 0 Å². The van der Waals surface area contributed by atoms with E-state index in [1.807, 2.05) is 0 Å². The third kappa shape index (κ3) is 11.6. The van der Waals surface area contributed by atoms with Crippen molar-refractivity contribution in [3.8, 4) is 0 Å². The molecule has 3 aromatic heterocycles. The Morgan fingerprint density at radius 1 is 0.443 bits per heavy atom. The molecule has 0 radical (unpaired) electrons. The van der Waals surface area contributed by atoms with Crippen LogP contribution in [0, 0.1) is 52.7 Å². The van der Waals surface area contributed by atoms with Gasteiger partial charge in [0.25, 0.3) is 0 Å². The summed E-state index contributed by atoms with van der Waals surface area (Å²) >= 11 is -3.62. The molecule has 0 aliphatic rings. The minimum absolute atomic E-state index is 0.274. The first kappa shape index (κ1) is 50.2. The molecule has 0 amide bonds. The van der Waals surface area contributed by atoms with Crippen molar-refractivity contribution in [2.75, 3.05) is 19.8 Å². The van der Waals surface area contributed by atoms with Crippen LogP contribution in [0.2, 0.25) is 0 Å². The molecule has 3 rings (SSSR count). The van der Waals surface area contributed by atoms with Gasteiger partial charge in [0.05, 0.1) is 0 Å². The summed E-state index contributed by atoms with van der Waals surface area (Å²) in [6.45, 7) is -2.42. The molecule has 0 saturated heterocycles. The Balaban J connectivity index is 2.14. The van der Waals surface area contributed by atoms with Crippen LogP contribution in [0.1, 0.15) is 54.5 Å². The number of allylic oxidation sites excluding steroid dienone is 3. The topological polar surface area (TPSA) is 118 Å². The molecule has 9 nitrogen and oxygen atoms in total. The van der Waals surface area contributed by atoms with Gasteiger partial charge in [-0.1, -0.05) is 0 Å². The first-order chi connectivity index (χ1) is 27.9. The van der Waals surface area contributed by atoms with Crippen LogP contribution >= 0.6 is 0 Å². The zero-order valence-corrected chi connectivity index (χ0v) is 30.9. The van der Waals surface area contributed by atoms with Crippen LogP contribution in [-0.4, -0.2) is 52.1 Å². The van der Waals surface area contributed by atoms with Crippen molar-refractivity contribution in [2.24, 2.45) is 0 Å². The molecule has 0 saturated carbocycles. The van der Waals surface area contributed by atoms with Gasteiger partial charge in [-0.3, -0.25) is 0 Å². The summed E-state index contributed by atoms with van der Waals surface area (Å²) in [6, 6.07) is 0. The average molecular weight is 950 g/mol. The van der Waals surface area contributed by atoms with Crippen molar-refractivity contribution in [2.45, 2.75) is 39.3 Å². The molecule has 61 heavy (non-hydrogen) atoms. The maximum absolute atomic E-state index is 14.8. The van der Waals surface area contributed by atoms with Gasteiger partial charge in [-0.15, -0.1) is 0 Å². The van der Waals surface area contributed by atoms with E-state index in [1.54, 1.807) is 0 Å². The van der Waals surface area contributed by atoms with E-state index < -0.39 is 174 Å². The molecule has 335 valence electrons. The van der Waals surface area contributed by atoms with Crippen molar-refractivity contribution in [1.82, 2.24) is 15.0 Å². The summed E-state index contributed by atoms with van der Waals surface area (Å²) in [4.78, 5) is 43.2. The van der Waals surface area contributed by atoms with Gasteiger partial charge in [0.1, 0.15) is 0 Å². The monoisotopic (exact) mass is 950 g/mol. The molecule has 0 atom stereocenters. The van der Waals surface area contributed by atoms with Gasteiger partial charge in [-0.25, -0.2) is 0 Å². The van der Waals surface area contributed by atoms with E-state index in [0.29, 0.717) is 20.8 Å². The normalized spacial score (nSPS) is 13.5.